The van der Waals surface area contributed by atoms with E-state index in [9.17, 15) is 8.78 Å². The zero-order chi connectivity index (χ0) is 18.4. The molecule has 138 valence electrons. The van der Waals surface area contributed by atoms with Crippen molar-refractivity contribution in [2.24, 2.45) is 0 Å². The van der Waals surface area contributed by atoms with Crippen LogP contribution in [0.4, 0.5) is 8.78 Å². The van der Waals surface area contributed by atoms with Crippen LogP contribution >= 0.6 is 0 Å². The summed E-state index contributed by atoms with van der Waals surface area (Å²) in [6.07, 6.45) is 3.74. The zero-order valence-electron chi connectivity index (χ0n) is 14.7. The van der Waals surface area contributed by atoms with Gasteiger partial charge in [0.2, 0.25) is 0 Å². The maximum absolute atomic E-state index is 13.4. The monoisotopic (exact) mass is 358 g/mol. The molecule has 26 heavy (non-hydrogen) atoms. The van der Waals surface area contributed by atoms with Crippen LogP contribution in [0.25, 0.3) is 0 Å². The summed E-state index contributed by atoms with van der Waals surface area (Å²) < 4.78 is 26.7. The molecule has 2 aromatic rings. The van der Waals surface area contributed by atoms with Crippen molar-refractivity contribution in [2.45, 2.75) is 6.04 Å². The number of hydrogen-bond donors (Lipinski definition) is 1. The lowest BCUT2D eigenvalue weighted by molar-refractivity contribution is 0.117. The first-order valence-corrected chi connectivity index (χ1v) is 8.90. The van der Waals surface area contributed by atoms with Crippen LogP contribution in [-0.2, 0) is 0 Å². The van der Waals surface area contributed by atoms with Gasteiger partial charge in [0, 0.05) is 32.7 Å². The predicted octanol–water partition coefficient (Wildman–Crippen LogP) is 3.22. The third-order valence-corrected chi connectivity index (χ3v) is 4.78. The van der Waals surface area contributed by atoms with E-state index in [-0.39, 0.29) is 24.3 Å². The molecule has 0 unspecified atom stereocenters. The van der Waals surface area contributed by atoms with Gasteiger partial charge in [-0.2, -0.15) is 0 Å². The second-order valence-corrected chi connectivity index (χ2v) is 6.50. The van der Waals surface area contributed by atoms with E-state index in [1.165, 1.54) is 24.3 Å². The van der Waals surface area contributed by atoms with Crippen molar-refractivity contribution < 1.29 is 13.9 Å². The molecule has 3 rings (SSSR count). The molecule has 1 N–H and O–H groups in total. The van der Waals surface area contributed by atoms with Gasteiger partial charge in [0.05, 0.1) is 12.6 Å². The average molecular weight is 358 g/mol. The molecule has 0 aliphatic carbocycles. The largest absolute Gasteiger partial charge is 0.392 e. The highest BCUT2D eigenvalue weighted by Gasteiger charge is 2.26. The van der Waals surface area contributed by atoms with Crippen LogP contribution in [0.2, 0.25) is 0 Å². The summed E-state index contributed by atoms with van der Waals surface area (Å²) in [7, 11) is 0. The standard InChI is InChI=1S/C21H24F2N2O/c22-19-7-3-17(4-8-19)21(18-5-9-20(23)10-6-18)25-14-12-24(13-15-25)11-1-2-16-26/h1-10,21,26H,11-16H2/b2-1+. The van der Waals surface area contributed by atoms with Gasteiger partial charge in [0.1, 0.15) is 11.6 Å². The molecule has 0 bridgehead atoms. The molecule has 1 fully saturated rings. The number of rotatable bonds is 6. The van der Waals surface area contributed by atoms with Crippen molar-refractivity contribution in [3.63, 3.8) is 0 Å². The molecule has 0 aromatic heterocycles. The molecule has 1 aliphatic rings. The summed E-state index contributed by atoms with van der Waals surface area (Å²) in [4.78, 5) is 4.68. The molecule has 2 aromatic carbocycles. The number of aliphatic hydroxyl groups excluding tert-OH is 1. The van der Waals surface area contributed by atoms with Crippen LogP contribution in [-0.4, -0.2) is 54.2 Å². The first-order chi connectivity index (χ1) is 12.7. The second-order valence-electron chi connectivity index (χ2n) is 6.50. The van der Waals surface area contributed by atoms with E-state index in [2.05, 4.69) is 9.80 Å². The quantitative estimate of drug-likeness (QED) is 0.804. The van der Waals surface area contributed by atoms with Gasteiger partial charge in [-0.1, -0.05) is 36.4 Å². The summed E-state index contributed by atoms with van der Waals surface area (Å²) in [5, 5.41) is 8.83. The SMILES string of the molecule is OC/C=C/CN1CCN(C(c2ccc(F)cc2)c2ccc(F)cc2)CC1. The van der Waals surface area contributed by atoms with Gasteiger partial charge < -0.3 is 5.11 Å². The third-order valence-electron chi connectivity index (χ3n) is 4.78. The number of aliphatic hydroxyl groups is 1. The molecule has 1 aliphatic heterocycles. The highest BCUT2D eigenvalue weighted by atomic mass is 19.1. The highest BCUT2D eigenvalue weighted by Crippen LogP contribution is 2.30. The minimum atomic E-state index is -0.257. The van der Waals surface area contributed by atoms with E-state index in [0.29, 0.717) is 0 Å². The molecule has 0 amide bonds. The number of benzene rings is 2. The fourth-order valence-electron chi connectivity index (χ4n) is 3.41. The molecule has 1 saturated heterocycles. The maximum Gasteiger partial charge on any atom is 0.123 e. The number of halogens is 2. The lowest BCUT2D eigenvalue weighted by Gasteiger charge is -2.39. The van der Waals surface area contributed by atoms with Gasteiger partial charge in [0.15, 0.2) is 0 Å². The molecule has 1 heterocycles. The van der Waals surface area contributed by atoms with Crippen LogP contribution in [0.1, 0.15) is 17.2 Å². The Kier molecular flexibility index (Phi) is 6.50. The number of hydrogen-bond acceptors (Lipinski definition) is 3. The van der Waals surface area contributed by atoms with Crippen molar-refractivity contribution >= 4 is 0 Å². The fraction of sp³-hybridized carbons (Fsp3) is 0.333. The zero-order valence-corrected chi connectivity index (χ0v) is 14.7. The highest BCUT2D eigenvalue weighted by molar-refractivity contribution is 5.32. The first-order valence-electron chi connectivity index (χ1n) is 8.90. The van der Waals surface area contributed by atoms with Crippen LogP contribution in [0.3, 0.4) is 0 Å². The topological polar surface area (TPSA) is 26.7 Å². The second kappa shape index (κ2) is 9.03. The van der Waals surface area contributed by atoms with Crippen molar-refractivity contribution in [1.29, 1.82) is 0 Å². The Bertz CT molecular complexity index is 662. The van der Waals surface area contributed by atoms with Crippen molar-refractivity contribution in [1.82, 2.24) is 9.80 Å². The Morgan fingerprint density at radius 2 is 1.31 bits per heavy atom. The van der Waals surface area contributed by atoms with Gasteiger partial charge in [-0.25, -0.2) is 8.78 Å². The van der Waals surface area contributed by atoms with E-state index in [0.717, 1.165) is 43.9 Å². The molecular weight excluding hydrogens is 334 g/mol. The lowest BCUT2D eigenvalue weighted by atomic mass is 9.96. The Morgan fingerprint density at radius 1 is 0.808 bits per heavy atom. The third kappa shape index (κ3) is 4.75. The van der Waals surface area contributed by atoms with Crippen LogP contribution in [0.15, 0.2) is 60.7 Å². The molecule has 0 radical (unpaired) electrons. The number of piperazine rings is 1. The van der Waals surface area contributed by atoms with Crippen molar-refractivity contribution in [3.05, 3.63) is 83.4 Å². The van der Waals surface area contributed by atoms with E-state index >= 15 is 0 Å². The summed E-state index contributed by atoms with van der Waals surface area (Å²) in [5.74, 6) is -0.515. The van der Waals surface area contributed by atoms with E-state index in [1.54, 1.807) is 30.3 Å². The lowest BCUT2D eigenvalue weighted by Crippen LogP contribution is -2.47. The Labute approximate surface area is 153 Å². The normalized spacial score (nSPS) is 16.6. The predicted molar refractivity (Wildman–Crippen MR) is 98.9 cm³/mol. The Balaban J connectivity index is 1.77. The molecule has 5 heteroatoms. The summed E-state index contributed by atoms with van der Waals surface area (Å²) in [5.41, 5.74) is 2.01. The van der Waals surface area contributed by atoms with Gasteiger partial charge >= 0.3 is 0 Å². The maximum atomic E-state index is 13.4. The number of nitrogens with zero attached hydrogens (tertiary/aromatic N) is 2. The molecule has 0 saturated carbocycles. The van der Waals surface area contributed by atoms with Crippen molar-refractivity contribution in [3.8, 4) is 0 Å². The summed E-state index contributed by atoms with van der Waals surface area (Å²) in [6, 6.07) is 13.1. The smallest absolute Gasteiger partial charge is 0.123 e. The summed E-state index contributed by atoms with van der Waals surface area (Å²) in [6.45, 7) is 4.45. The first kappa shape index (κ1) is 18.7. The molecule has 0 spiro atoms. The van der Waals surface area contributed by atoms with E-state index in [4.69, 9.17) is 5.11 Å². The van der Waals surface area contributed by atoms with Gasteiger partial charge in [-0.3, -0.25) is 9.80 Å². The van der Waals surface area contributed by atoms with Gasteiger partial charge in [-0.05, 0) is 35.4 Å². The Hall–Kier alpha value is -2.08. The molecule has 0 atom stereocenters. The fourth-order valence-corrected chi connectivity index (χ4v) is 3.41. The average Bonchev–Trinajstić information content (AvgIpc) is 2.66. The summed E-state index contributed by atoms with van der Waals surface area (Å²) >= 11 is 0. The van der Waals surface area contributed by atoms with E-state index < -0.39 is 0 Å². The molecular formula is C21H24F2N2O. The van der Waals surface area contributed by atoms with Crippen LogP contribution in [0, 0.1) is 11.6 Å². The Morgan fingerprint density at radius 3 is 1.77 bits per heavy atom. The van der Waals surface area contributed by atoms with Gasteiger partial charge in [0.25, 0.3) is 0 Å². The van der Waals surface area contributed by atoms with Gasteiger partial charge in [-0.15, -0.1) is 0 Å². The van der Waals surface area contributed by atoms with Crippen LogP contribution < -0.4 is 0 Å². The minimum Gasteiger partial charge on any atom is -0.392 e. The molecule has 3 nitrogen and oxygen atoms in total. The minimum absolute atomic E-state index is 0.0219. The van der Waals surface area contributed by atoms with Crippen molar-refractivity contribution in [2.75, 3.05) is 39.3 Å². The van der Waals surface area contributed by atoms with E-state index in [1.807, 2.05) is 6.08 Å². The van der Waals surface area contributed by atoms with Crippen LogP contribution in [0.5, 0.6) is 0 Å².